The van der Waals surface area contributed by atoms with Crippen LogP contribution >= 0.6 is 0 Å². The fraction of sp³-hybridized carbons (Fsp3) is 0.158. The van der Waals surface area contributed by atoms with E-state index in [0.29, 0.717) is 11.1 Å². The number of ether oxygens (including phenoxy) is 1. The minimum atomic E-state index is -3.96. The first-order valence-electron chi connectivity index (χ1n) is 8.30. The summed E-state index contributed by atoms with van der Waals surface area (Å²) in [6.45, 7) is 0.0858. The number of carbonyl (C=O) groups is 1. The summed E-state index contributed by atoms with van der Waals surface area (Å²) in [6, 6.07) is 10.3. The van der Waals surface area contributed by atoms with E-state index >= 15 is 0 Å². The van der Waals surface area contributed by atoms with Crippen LogP contribution in [0.1, 0.15) is 21.6 Å². The highest BCUT2D eigenvalue weighted by atomic mass is 32.2. The Balaban J connectivity index is 1.95. The molecule has 146 valence electrons. The molecule has 3 rings (SSSR count). The van der Waals surface area contributed by atoms with Crippen LogP contribution < -0.4 is 0 Å². The Morgan fingerprint density at radius 2 is 1.89 bits per heavy atom. The Kier molecular flexibility index (Phi) is 5.86. The molecule has 0 saturated carbocycles. The van der Waals surface area contributed by atoms with E-state index in [0.717, 1.165) is 0 Å². The molecule has 0 spiro atoms. The van der Waals surface area contributed by atoms with Gasteiger partial charge in [0.2, 0.25) is 10.0 Å². The Morgan fingerprint density at radius 1 is 1.18 bits per heavy atom. The van der Waals surface area contributed by atoms with Crippen molar-refractivity contribution in [2.75, 3.05) is 7.11 Å². The van der Waals surface area contributed by atoms with Crippen molar-refractivity contribution in [3.05, 3.63) is 83.7 Å². The first-order chi connectivity index (χ1) is 13.4. The number of rotatable bonds is 7. The predicted octanol–water partition coefficient (Wildman–Crippen LogP) is 2.73. The molecule has 0 aliphatic rings. The van der Waals surface area contributed by atoms with E-state index in [4.69, 9.17) is 0 Å². The Hall–Kier alpha value is -3.04. The molecule has 0 bridgehead atoms. The van der Waals surface area contributed by atoms with Crippen LogP contribution in [0.5, 0.6) is 0 Å². The number of benzene rings is 1. The standard InChI is InChI=1S/C19H18FN3O4S/c1-27-19(24)18-9-17(11-22-18)28(25,26)23(13-15-3-2-8-21-10-15)12-14-4-6-16(20)7-5-14/h2-11,22H,12-13H2,1H3. The predicted molar refractivity (Wildman–Crippen MR) is 99.2 cm³/mol. The number of carbonyl (C=O) groups excluding carboxylic acids is 1. The number of hydrogen-bond donors (Lipinski definition) is 1. The quantitative estimate of drug-likeness (QED) is 0.613. The lowest BCUT2D eigenvalue weighted by Gasteiger charge is -2.22. The molecule has 0 radical (unpaired) electrons. The molecule has 0 atom stereocenters. The van der Waals surface area contributed by atoms with Crippen LogP contribution in [0.2, 0.25) is 0 Å². The zero-order valence-electron chi connectivity index (χ0n) is 15.0. The lowest BCUT2D eigenvalue weighted by atomic mass is 10.2. The van der Waals surface area contributed by atoms with Crippen LogP contribution in [0, 0.1) is 5.82 Å². The van der Waals surface area contributed by atoms with Crippen molar-refractivity contribution in [1.82, 2.24) is 14.3 Å². The molecule has 3 aromatic rings. The molecule has 28 heavy (non-hydrogen) atoms. The van der Waals surface area contributed by atoms with E-state index < -0.39 is 21.8 Å². The van der Waals surface area contributed by atoms with Gasteiger partial charge in [0.1, 0.15) is 16.4 Å². The van der Waals surface area contributed by atoms with E-state index in [9.17, 15) is 17.6 Å². The summed E-state index contributed by atoms with van der Waals surface area (Å²) < 4.78 is 45.4. The Labute approximate surface area is 161 Å². The average Bonchev–Trinajstić information content (AvgIpc) is 3.20. The van der Waals surface area contributed by atoms with Gasteiger partial charge in [0, 0.05) is 31.7 Å². The molecule has 0 amide bonds. The topological polar surface area (TPSA) is 92.4 Å². The molecule has 2 aromatic heterocycles. The van der Waals surface area contributed by atoms with E-state index in [1.54, 1.807) is 24.5 Å². The van der Waals surface area contributed by atoms with Gasteiger partial charge in [0.05, 0.1) is 7.11 Å². The zero-order valence-corrected chi connectivity index (χ0v) is 15.8. The van der Waals surface area contributed by atoms with Gasteiger partial charge in [-0.15, -0.1) is 0 Å². The Bertz CT molecular complexity index is 1050. The molecule has 7 nitrogen and oxygen atoms in total. The number of nitrogens with one attached hydrogen (secondary N) is 1. The third-order valence-corrected chi connectivity index (χ3v) is 5.82. The molecule has 0 saturated heterocycles. The number of nitrogens with zero attached hydrogens (tertiary/aromatic N) is 2. The third-order valence-electron chi connectivity index (χ3n) is 4.05. The van der Waals surface area contributed by atoms with Crippen molar-refractivity contribution in [3.63, 3.8) is 0 Å². The normalized spacial score (nSPS) is 11.5. The molecule has 1 N–H and O–H groups in total. The number of aromatic nitrogens is 2. The highest BCUT2D eigenvalue weighted by Crippen LogP contribution is 2.22. The molecule has 1 aromatic carbocycles. The van der Waals surface area contributed by atoms with Crippen LogP contribution in [0.3, 0.4) is 0 Å². The van der Waals surface area contributed by atoms with Crippen molar-refractivity contribution in [1.29, 1.82) is 0 Å². The van der Waals surface area contributed by atoms with Gasteiger partial charge < -0.3 is 9.72 Å². The lowest BCUT2D eigenvalue weighted by Crippen LogP contribution is -2.30. The third kappa shape index (κ3) is 4.44. The molecule has 2 heterocycles. The number of aromatic amines is 1. The number of H-pyrrole nitrogens is 1. The first-order valence-corrected chi connectivity index (χ1v) is 9.74. The van der Waals surface area contributed by atoms with Crippen molar-refractivity contribution in [2.24, 2.45) is 0 Å². The maximum absolute atomic E-state index is 13.2. The second-order valence-electron chi connectivity index (χ2n) is 6.00. The molecular weight excluding hydrogens is 385 g/mol. The molecule has 0 aliphatic heterocycles. The molecular formula is C19H18FN3O4S. The van der Waals surface area contributed by atoms with Crippen molar-refractivity contribution in [3.8, 4) is 0 Å². The van der Waals surface area contributed by atoms with Gasteiger partial charge in [-0.3, -0.25) is 4.98 Å². The van der Waals surface area contributed by atoms with Gasteiger partial charge >= 0.3 is 5.97 Å². The lowest BCUT2D eigenvalue weighted by molar-refractivity contribution is 0.0594. The molecule has 0 aliphatic carbocycles. The molecule has 0 unspecified atom stereocenters. The number of esters is 1. The smallest absolute Gasteiger partial charge is 0.354 e. The highest BCUT2D eigenvalue weighted by molar-refractivity contribution is 7.89. The summed E-state index contributed by atoms with van der Waals surface area (Å²) in [5.74, 6) is -1.07. The number of pyridine rings is 1. The minimum absolute atomic E-state index is 0.0241. The second-order valence-corrected chi connectivity index (χ2v) is 7.94. The van der Waals surface area contributed by atoms with Crippen LogP contribution in [0.4, 0.5) is 4.39 Å². The number of halogens is 1. The number of methoxy groups -OCH3 is 1. The van der Waals surface area contributed by atoms with E-state index in [-0.39, 0.29) is 23.7 Å². The van der Waals surface area contributed by atoms with Crippen LogP contribution in [-0.2, 0) is 27.8 Å². The fourth-order valence-electron chi connectivity index (χ4n) is 2.61. The van der Waals surface area contributed by atoms with E-state index in [1.807, 2.05) is 0 Å². The van der Waals surface area contributed by atoms with Gasteiger partial charge in [-0.1, -0.05) is 18.2 Å². The Morgan fingerprint density at radius 3 is 2.54 bits per heavy atom. The fourth-order valence-corrected chi connectivity index (χ4v) is 4.03. The van der Waals surface area contributed by atoms with E-state index in [2.05, 4.69) is 14.7 Å². The van der Waals surface area contributed by atoms with Crippen molar-refractivity contribution < 1.29 is 22.3 Å². The van der Waals surface area contributed by atoms with Gasteiger partial charge in [-0.2, -0.15) is 4.31 Å². The van der Waals surface area contributed by atoms with Crippen LogP contribution in [0.15, 0.2) is 66.0 Å². The molecule has 9 heteroatoms. The summed E-state index contributed by atoms with van der Waals surface area (Å²) in [7, 11) is -2.75. The average molecular weight is 403 g/mol. The zero-order chi connectivity index (χ0) is 20.1. The first kappa shape index (κ1) is 19.7. The largest absolute Gasteiger partial charge is 0.464 e. The van der Waals surface area contributed by atoms with Gasteiger partial charge in [-0.25, -0.2) is 17.6 Å². The maximum Gasteiger partial charge on any atom is 0.354 e. The minimum Gasteiger partial charge on any atom is -0.464 e. The maximum atomic E-state index is 13.2. The monoisotopic (exact) mass is 403 g/mol. The van der Waals surface area contributed by atoms with Gasteiger partial charge in [0.15, 0.2) is 0 Å². The summed E-state index contributed by atoms with van der Waals surface area (Å²) in [5.41, 5.74) is 1.35. The summed E-state index contributed by atoms with van der Waals surface area (Å²) >= 11 is 0. The number of hydrogen-bond acceptors (Lipinski definition) is 5. The number of sulfonamides is 1. The van der Waals surface area contributed by atoms with Crippen molar-refractivity contribution >= 4 is 16.0 Å². The molecule has 0 fully saturated rings. The van der Waals surface area contributed by atoms with Gasteiger partial charge in [0.25, 0.3) is 0 Å². The van der Waals surface area contributed by atoms with Crippen LogP contribution in [0.25, 0.3) is 0 Å². The second kappa shape index (κ2) is 8.32. The van der Waals surface area contributed by atoms with Crippen LogP contribution in [-0.4, -0.2) is 35.8 Å². The van der Waals surface area contributed by atoms with Gasteiger partial charge in [-0.05, 0) is 35.4 Å². The summed E-state index contributed by atoms with van der Waals surface area (Å²) in [4.78, 5) is 18.2. The highest BCUT2D eigenvalue weighted by Gasteiger charge is 2.27. The van der Waals surface area contributed by atoms with E-state index in [1.165, 1.54) is 47.9 Å². The SMILES string of the molecule is COC(=O)c1cc(S(=O)(=O)N(Cc2ccc(F)cc2)Cc2cccnc2)c[nH]1. The van der Waals surface area contributed by atoms with Crippen molar-refractivity contribution in [2.45, 2.75) is 18.0 Å². The summed E-state index contributed by atoms with van der Waals surface area (Å²) in [5, 5.41) is 0. The summed E-state index contributed by atoms with van der Waals surface area (Å²) in [6.07, 6.45) is 4.41.